The molecule has 0 unspecified atom stereocenters. The van der Waals surface area contributed by atoms with Crippen molar-refractivity contribution >= 4 is 6.03 Å². The molecule has 1 aliphatic rings. The van der Waals surface area contributed by atoms with Crippen LogP contribution in [-0.2, 0) is 0 Å². The summed E-state index contributed by atoms with van der Waals surface area (Å²) in [5.74, 6) is 0. The van der Waals surface area contributed by atoms with Crippen molar-refractivity contribution in [1.82, 2.24) is 10.2 Å². The first-order valence-electron chi connectivity index (χ1n) is 7.81. The fraction of sp³-hybridized carbons (Fsp3) is 0.933. The largest absolute Gasteiger partial charge is 0.338 e. The van der Waals surface area contributed by atoms with Gasteiger partial charge in [-0.25, -0.2) is 10.1 Å². The summed E-state index contributed by atoms with van der Waals surface area (Å²) < 4.78 is 0. The summed E-state index contributed by atoms with van der Waals surface area (Å²) in [5, 5.41) is 4.19. The number of nitrogens with zero attached hydrogens (tertiary/aromatic N) is 2. The molecule has 1 radical (unpaired) electrons. The minimum Gasteiger partial charge on any atom is -0.323 e. The molecule has 1 fully saturated rings. The van der Waals surface area contributed by atoms with Gasteiger partial charge in [-0.05, 0) is 19.3 Å². The summed E-state index contributed by atoms with van der Waals surface area (Å²) >= 11 is 0. The van der Waals surface area contributed by atoms with Crippen LogP contribution >= 0.6 is 0 Å². The molecule has 0 aromatic heterocycles. The lowest BCUT2D eigenvalue weighted by molar-refractivity contribution is 0.198. The van der Waals surface area contributed by atoms with Gasteiger partial charge >= 0.3 is 6.03 Å². The van der Waals surface area contributed by atoms with Gasteiger partial charge in [0.1, 0.15) is 0 Å². The van der Waals surface area contributed by atoms with E-state index in [4.69, 9.17) is 0 Å². The molecule has 1 aliphatic heterocycles. The molecule has 3 nitrogen and oxygen atoms in total. The molecule has 1 rings (SSSR count). The van der Waals surface area contributed by atoms with E-state index in [0.717, 1.165) is 38.9 Å². The van der Waals surface area contributed by atoms with E-state index in [1.807, 2.05) is 4.90 Å². The maximum absolute atomic E-state index is 11.8. The van der Waals surface area contributed by atoms with Gasteiger partial charge in [0.05, 0.1) is 0 Å². The first-order chi connectivity index (χ1) is 8.84. The molecule has 105 valence electrons. The van der Waals surface area contributed by atoms with Crippen LogP contribution in [-0.4, -0.2) is 30.6 Å². The minimum atomic E-state index is 0.0328. The van der Waals surface area contributed by atoms with Crippen molar-refractivity contribution in [2.75, 3.05) is 19.6 Å². The predicted octanol–water partition coefficient (Wildman–Crippen LogP) is 3.95. The van der Waals surface area contributed by atoms with Crippen LogP contribution in [0.2, 0.25) is 0 Å². The van der Waals surface area contributed by atoms with Crippen molar-refractivity contribution in [2.24, 2.45) is 0 Å². The second-order valence-corrected chi connectivity index (χ2v) is 5.33. The van der Waals surface area contributed by atoms with E-state index in [9.17, 15) is 4.79 Å². The summed E-state index contributed by atoms with van der Waals surface area (Å²) in [6, 6.07) is 0.0328. The van der Waals surface area contributed by atoms with Crippen LogP contribution < -0.4 is 5.32 Å². The van der Waals surface area contributed by atoms with E-state index in [1.54, 1.807) is 0 Å². The Labute approximate surface area is 112 Å². The molecule has 0 N–H and O–H groups in total. The number of rotatable bonds is 7. The first kappa shape index (κ1) is 15.3. The Morgan fingerprint density at radius 2 is 1.56 bits per heavy atom. The zero-order valence-electron chi connectivity index (χ0n) is 12.0. The van der Waals surface area contributed by atoms with Crippen LogP contribution in [0, 0.1) is 0 Å². The number of carbonyl (C=O) groups is 1. The second-order valence-electron chi connectivity index (χ2n) is 5.33. The average molecular weight is 253 g/mol. The molecule has 0 aromatic rings. The van der Waals surface area contributed by atoms with Gasteiger partial charge in [0, 0.05) is 19.6 Å². The summed E-state index contributed by atoms with van der Waals surface area (Å²) in [6.07, 6.45) is 12.4. The van der Waals surface area contributed by atoms with Gasteiger partial charge in [0.25, 0.3) is 0 Å². The first-order valence-corrected chi connectivity index (χ1v) is 7.81. The van der Waals surface area contributed by atoms with Crippen molar-refractivity contribution in [3.8, 4) is 0 Å². The van der Waals surface area contributed by atoms with Gasteiger partial charge in [-0.15, -0.1) is 0 Å². The van der Waals surface area contributed by atoms with E-state index in [0.29, 0.717) is 0 Å². The number of carbonyl (C=O) groups excluding carboxylic acids is 1. The molecule has 3 heteroatoms. The Morgan fingerprint density at radius 3 is 2.22 bits per heavy atom. The van der Waals surface area contributed by atoms with Gasteiger partial charge in [0.2, 0.25) is 0 Å². The normalized spacial score (nSPS) is 16.4. The van der Waals surface area contributed by atoms with Gasteiger partial charge in [-0.3, -0.25) is 0 Å². The van der Waals surface area contributed by atoms with Gasteiger partial charge < -0.3 is 4.90 Å². The smallest absolute Gasteiger partial charge is 0.323 e. The maximum atomic E-state index is 11.8. The molecular weight excluding hydrogens is 224 g/mol. The fourth-order valence-electron chi connectivity index (χ4n) is 2.43. The molecule has 0 spiro atoms. The van der Waals surface area contributed by atoms with Crippen molar-refractivity contribution < 1.29 is 4.79 Å². The average Bonchev–Trinajstić information content (AvgIpc) is 2.66. The molecule has 1 heterocycles. The summed E-state index contributed by atoms with van der Waals surface area (Å²) in [4.78, 5) is 13.8. The summed E-state index contributed by atoms with van der Waals surface area (Å²) in [5.41, 5.74) is 0. The molecule has 0 aromatic carbocycles. The molecule has 0 saturated carbocycles. The molecule has 1 saturated heterocycles. The minimum absolute atomic E-state index is 0.0328. The monoisotopic (exact) mass is 253 g/mol. The Bertz CT molecular complexity index is 211. The van der Waals surface area contributed by atoms with Gasteiger partial charge in [-0.1, -0.05) is 51.9 Å². The van der Waals surface area contributed by atoms with E-state index in [1.165, 1.54) is 44.9 Å². The fourth-order valence-corrected chi connectivity index (χ4v) is 2.43. The lowest BCUT2D eigenvalue weighted by atomic mass is 10.1. The van der Waals surface area contributed by atoms with Crippen molar-refractivity contribution in [3.05, 3.63) is 0 Å². The highest BCUT2D eigenvalue weighted by Gasteiger charge is 2.15. The Hall–Kier alpha value is -0.730. The third-order valence-electron chi connectivity index (χ3n) is 3.64. The van der Waals surface area contributed by atoms with Crippen LogP contribution in [0.25, 0.3) is 0 Å². The Kier molecular flexibility index (Phi) is 8.70. The number of unbranched alkanes of at least 4 members (excludes halogenated alkanes) is 5. The summed E-state index contributed by atoms with van der Waals surface area (Å²) in [7, 11) is 0. The lowest BCUT2D eigenvalue weighted by Crippen LogP contribution is -2.37. The number of likely N-dealkylation sites (tertiary alicyclic amines) is 1. The van der Waals surface area contributed by atoms with Crippen LogP contribution in [0.4, 0.5) is 4.79 Å². The van der Waals surface area contributed by atoms with Gasteiger partial charge in [-0.2, -0.15) is 0 Å². The summed E-state index contributed by atoms with van der Waals surface area (Å²) in [6.45, 7) is 4.79. The standard InChI is InChI=1S/C15H29N2O/c1-2-3-4-5-6-9-12-16-15(18)17-13-10-7-8-11-14-17/h2-14H2,1H3. The molecule has 2 amide bonds. The molecule has 0 bridgehead atoms. The second kappa shape index (κ2) is 10.2. The van der Waals surface area contributed by atoms with E-state index < -0.39 is 0 Å². The van der Waals surface area contributed by atoms with Crippen molar-refractivity contribution in [3.63, 3.8) is 0 Å². The zero-order chi connectivity index (χ0) is 13.1. The SMILES string of the molecule is CCCCCCCC[N]C(=O)N1CCCCCC1. The van der Waals surface area contributed by atoms with Crippen molar-refractivity contribution in [1.29, 1.82) is 0 Å². The quantitative estimate of drug-likeness (QED) is 0.633. The zero-order valence-corrected chi connectivity index (χ0v) is 12.0. The lowest BCUT2D eigenvalue weighted by Gasteiger charge is -2.19. The number of hydrogen-bond acceptors (Lipinski definition) is 1. The topological polar surface area (TPSA) is 34.4 Å². The van der Waals surface area contributed by atoms with Crippen LogP contribution in [0.15, 0.2) is 0 Å². The molecule has 0 aliphatic carbocycles. The number of hydrogen-bond donors (Lipinski definition) is 0. The van der Waals surface area contributed by atoms with E-state index in [-0.39, 0.29) is 6.03 Å². The Balaban J connectivity index is 1.98. The highest BCUT2D eigenvalue weighted by molar-refractivity contribution is 5.73. The van der Waals surface area contributed by atoms with Crippen LogP contribution in [0.5, 0.6) is 0 Å². The maximum Gasteiger partial charge on any atom is 0.338 e. The number of urea groups is 1. The van der Waals surface area contributed by atoms with E-state index >= 15 is 0 Å². The third kappa shape index (κ3) is 6.87. The van der Waals surface area contributed by atoms with Gasteiger partial charge in [0.15, 0.2) is 0 Å². The molecule has 18 heavy (non-hydrogen) atoms. The van der Waals surface area contributed by atoms with Crippen molar-refractivity contribution in [2.45, 2.75) is 71.1 Å². The highest BCUT2D eigenvalue weighted by atomic mass is 16.2. The molecular formula is C15H29N2O. The van der Waals surface area contributed by atoms with E-state index in [2.05, 4.69) is 12.2 Å². The third-order valence-corrected chi connectivity index (χ3v) is 3.64. The number of amides is 2. The van der Waals surface area contributed by atoms with Crippen LogP contribution in [0.3, 0.4) is 0 Å². The molecule has 0 atom stereocenters. The Morgan fingerprint density at radius 1 is 0.944 bits per heavy atom. The van der Waals surface area contributed by atoms with Crippen LogP contribution in [0.1, 0.15) is 71.1 Å². The predicted molar refractivity (Wildman–Crippen MR) is 75.8 cm³/mol. The highest BCUT2D eigenvalue weighted by Crippen LogP contribution is 2.10.